The number of nitrogens with one attached hydrogen (secondary N) is 1. The highest BCUT2D eigenvalue weighted by atomic mass is 16.4. The van der Waals surface area contributed by atoms with Crippen molar-refractivity contribution in [3.8, 4) is 0 Å². The first-order valence-electron chi connectivity index (χ1n) is 3.76. The number of carboxylic acids is 1. The molecule has 0 aliphatic carbocycles. The maximum atomic E-state index is 10.3. The Labute approximate surface area is 75.7 Å². The zero-order chi connectivity index (χ0) is 9.84. The van der Waals surface area contributed by atoms with Crippen LogP contribution >= 0.6 is 0 Å². The van der Waals surface area contributed by atoms with Gasteiger partial charge in [0.05, 0.1) is 6.20 Å². The van der Waals surface area contributed by atoms with E-state index in [1.165, 1.54) is 0 Å². The first-order chi connectivity index (χ1) is 6.09. The molecule has 0 aromatic carbocycles. The summed E-state index contributed by atoms with van der Waals surface area (Å²) < 4.78 is 1.62. The first-order valence-corrected chi connectivity index (χ1v) is 3.76. The Morgan fingerprint density at radius 3 is 2.92 bits per heavy atom. The van der Waals surface area contributed by atoms with Crippen molar-refractivity contribution in [3.63, 3.8) is 0 Å². The van der Waals surface area contributed by atoms with Gasteiger partial charge in [-0.3, -0.25) is 4.68 Å². The molecule has 1 aromatic heterocycles. The molecule has 1 aromatic rings. The fourth-order valence-electron chi connectivity index (χ4n) is 0.920. The maximum absolute atomic E-state index is 10.3. The van der Waals surface area contributed by atoms with Crippen LogP contribution in [0, 0.1) is 0 Å². The lowest BCUT2D eigenvalue weighted by Crippen LogP contribution is -2.04. The Kier molecular flexibility index (Phi) is 2.69. The summed E-state index contributed by atoms with van der Waals surface area (Å²) >= 11 is 0. The van der Waals surface area contributed by atoms with E-state index < -0.39 is 5.97 Å². The average Bonchev–Trinajstić information content (AvgIpc) is 2.34. The molecule has 0 aliphatic heterocycles. The molecule has 0 amide bonds. The number of hydrogen-bond acceptors (Lipinski definition) is 3. The van der Waals surface area contributed by atoms with Crippen LogP contribution in [0.15, 0.2) is 24.0 Å². The van der Waals surface area contributed by atoms with Crippen molar-refractivity contribution in [1.29, 1.82) is 0 Å². The van der Waals surface area contributed by atoms with Crippen LogP contribution in [0.25, 0.3) is 0 Å². The van der Waals surface area contributed by atoms with E-state index in [4.69, 9.17) is 5.11 Å². The van der Waals surface area contributed by atoms with E-state index in [0.717, 1.165) is 11.9 Å². The summed E-state index contributed by atoms with van der Waals surface area (Å²) in [5.41, 5.74) is 0.566. The molecule has 1 rings (SSSR count). The minimum absolute atomic E-state index is 0.566. The van der Waals surface area contributed by atoms with E-state index in [2.05, 4.69) is 10.4 Å². The third-order valence-electron chi connectivity index (χ3n) is 1.49. The molecule has 0 aliphatic rings. The van der Waals surface area contributed by atoms with Crippen LogP contribution < -0.4 is 5.32 Å². The zero-order valence-corrected chi connectivity index (χ0v) is 7.48. The van der Waals surface area contributed by atoms with Gasteiger partial charge in [-0.1, -0.05) is 0 Å². The number of aromatic nitrogens is 2. The molecule has 0 spiro atoms. The molecule has 0 radical (unpaired) electrons. The van der Waals surface area contributed by atoms with Crippen LogP contribution in [0.5, 0.6) is 0 Å². The monoisotopic (exact) mass is 181 g/mol. The lowest BCUT2D eigenvalue weighted by Gasteiger charge is -2.04. The number of carbonyl (C=O) groups is 1. The fourth-order valence-corrected chi connectivity index (χ4v) is 0.920. The molecule has 5 nitrogen and oxygen atoms in total. The molecule has 0 fully saturated rings. The van der Waals surface area contributed by atoms with Gasteiger partial charge in [-0.2, -0.15) is 5.10 Å². The molecular formula is C8H11N3O2. The van der Waals surface area contributed by atoms with Crippen LogP contribution in [-0.4, -0.2) is 20.9 Å². The summed E-state index contributed by atoms with van der Waals surface area (Å²) in [4.78, 5) is 10.3. The lowest BCUT2D eigenvalue weighted by atomic mass is 10.4. The highest BCUT2D eigenvalue weighted by Gasteiger charge is 1.98. The van der Waals surface area contributed by atoms with Crippen molar-refractivity contribution in [2.45, 2.75) is 6.92 Å². The second-order valence-corrected chi connectivity index (χ2v) is 2.63. The minimum atomic E-state index is -0.966. The molecule has 0 saturated carbocycles. The van der Waals surface area contributed by atoms with E-state index in [1.807, 2.05) is 0 Å². The Morgan fingerprint density at radius 2 is 2.46 bits per heavy atom. The van der Waals surface area contributed by atoms with Crippen molar-refractivity contribution >= 4 is 11.8 Å². The molecule has 13 heavy (non-hydrogen) atoms. The zero-order valence-electron chi connectivity index (χ0n) is 7.48. The predicted octanol–water partition coefficient (Wildman–Crippen LogP) is 0.820. The highest BCUT2D eigenvalue weighted by molar-refractivity contribution is 5.81. The Balaban J connectivity index is 2.70. The van der Waals surface area contributed by atoms with Gasteiger partial charge in [-0.25, -0.2) is 4.79 Å². The van der Waals surface area contributed by atoms with Crippen LogP contribution in [0.4, 0.5) is 5.82 Å². The molecule has 0 bridgehead atoms. The van der Waals surface area contributed by atoms with Crippen LogP contribution in [0.2, 0.25) is 0 Å². The molecule has 70 valence electrons. The molecule has 5 heteroatoms. The summed E-state index contributed by atoms with van der Waals surface area (Å²) in [5.74, 6) is -0.206. The van der Waals surface area contributed by atoms with Gasteiger partial charge in [0.1, 0.15) is 5.82 Å². The Morgan fingerprint density at radius 1 is 1.77 bits per heavy atom. The Bertz CT molecular complexity index is 341. The molecule has 0 unspecified atom stereocenters. The smallest absolute Gasteiger partial charge is 0.330 e. The largest absolute Gasteiger partial charge is 0.478 e. The van der Waals surface area contributed by atoms with Crippen molar-refractivity contribution < 1.29 is 9.90 Å². The number of aliphatic carboxylic acids is 1. The minimum Gasteiger partial charge on any atom is -0.478 e. The van der Waals surface area contributed by atoms with Crippen molar-refractivity contribution in [2.75, 3.05) is 5.32 Å². The number of aryl methyl sites for hydroxylation is 1. The average molecular weight is 181 g/mol. The van der Waals surface area contributed by atoms with Gasteiger partial charge in [0.15, 0.2) is 0 Å². The SMILES string of the molecule is C/C(=C/C(=O)O)Nc1ccnn1C. The second-order valence-electron chi connectivity index (χ2n) is 2.63. The number of allylic oxidation sites excluding steroid dienone is 1. The van der Waals surface area contributed by atoms with E-state index in [0.29, 0.717) is 5.70 Å². The van der Waals surface area contributed by atoms with Crippen LogP contribution in [0.1, 0.15) is 6.92 Å². The van der Waals surface area contributed by atoms with Crippen molar-refractivity contribution in [2.24, 2.45) is 7.05 Å². The standard InChI is InChI=1S/C8H11N3O2/c1-6(5-8(12)13)10-7-3-4-9-11(7)2/h3-5,10H,1-2H3,(H,12,13)/b6-5-. The van der Waals surface area contributed by atoms with E-state index in [9.17, 15) is 4.79 Å². The Hall–Kier alpha value is -1.78. The van der Waals surface area contributed by atoms with Gasteiger partial charge in [0.2, 0.25) is 0 Å². The lowest BCUT2D eigenvalue weighted by molar-refractivity contribution is -0.131. The molecule has 2 N–H and O–H groups in total. The van der Waals surface area contributed by atoms with Gasteiger partial charge >= 0.3 is 5.97 Å². The number of nitrogens with zero attached hydrogens (tertiary/aromatic N) is 2. The third kappa shape index (κ3) is 2.62. The van der Waals surface area contributed by atoms with Gasteiger partial charge in [0.25, 0.3) is 0 Å². The number of carboxylic acid groups (broad SMARTS) is 1. The number of anilines is 1. The first kappa shape index (κ1) is 9.31. The molecule has 0 atom stereocenters. The molecule has 0 saturated heterocycles. The maximum Gasteiger partial charge on any atom is 0.330 e. The van der Waals surface area contributed by atoms with E-state index >= 15 is 0 Å². The van der Waals surface area contributed by atoms with Crippen LogP contribution in [-0.2, 0) is 11.8 Å². The van der Waals surface area contributed by atoms with Crippen molar-refractivity contribution in [1.82, 2.24) is 9.78 Å². The second kappa shape index (κ2) is 3.75. The van der Waals surface area contributed by atoms with E-state index in [-0.39, 0.29) is 0 Å². The van der Waals surface area contributed by atoms with Gasteiger partial charge in [0, 0.05) is 24.9 Å². The van der Waals surface area contributed by atoms with Gasteiger partial charge in [-0.05, 0) is 6.92 Å². The quantitative estimate of drug-likeness (QED) is 0.677. The summed E-state index contributed by atoms with van der Waals surface area (Å²) in [7, 11) is 1.77. The summed E-state index contributed by atoms with van der Waals surface area (Å²) in [6.45, 7) is 1.68. The normalized spacial score (nSPS) is 11.4. The fraction of sp³-hybridized carbons (Fsp3) is 0.250. The van der Waals surface area contributed by atoms with Gasteiger partial charge in [-0.15, -0.1) is 0 Å². The van der Waals surface area contributed by atoms with Crippen molar-refractivity contribution in [3.05, 3.63) is 24.0 Å². The number of rotatable bonds is 3. The predicted molar refractivity (Wildman–Crippen MR) is 48.2 cm³/mol. The molecule has 1 heterocycles. The molecular weight excluding hydrogens is 170 g/mol. The number of hydrogen-bond donors (Lipinski definition) is 2. The summed E-state index contributed by atoms with van der Waals surface area (Å²) in [5, 5.41) is 15.3. The topological polar surface area (TPSA) is 67.2 Å². The van der Waals surface area contributed by atoms with Gasteiger partial charge < -0.3 is 10.4 Å². The third-order valence-corrected chi connectivity index (χ3v) is 1.49. The highest BCUT2D eigenvalue weighted by Crippen LogP contribution is 2.06. The summed E-state index contributed by atoms with van der Waals surface area (Å²) in [6, 6.07) is 1.76. The van der Waals surface area contributed by atoms with E-state index in [1.54, 1.807) is 30.9 Å². The van der Waals surface area contributed by atoms with Crippen LogP contribution in [0.3, 0.4) is 0 Å². The summed E-state index contributed by atoms with van der Waals surface area (Å²) in [6.07, 6.45) is 2.74.